The maximum atomic E-state index is 13.7. The van der Waals surface area contributed by atoms with Gasteiger partial charge in [0.2, 0.25) is 0 Å². The topological polar surface area (TPSA) is 46.3 Å². The van der Waals surface area contributed by atoms with Gasteiger partial charge in [-0.25, -0.2) is 8.78 Å². The number of benzene rings is 2. The highest BCUT2D eigenvalue weighted by Gasteiger charge is 2.21. The fraction of sp³-hybridized carbons (Fsp3) is 0.188. The van der Waals surface area contributed by atoms with Crippen LogP contribution in [0.4, 0.5) is 14.5 Å². The van der Waals surface area contributed by atoms with E-state index >= 15 is 0 Å². The lowest BCUT2D eigenvalue weighted by Gasteiger charge is -2.21. The van der Waals surface area contributed by atoms with Gasteiger partial charge in [0.05, 0.1) is 5.56 Å². The largest absolute Gasteiger partial charge is 0.326 e. The zero-order chi connectivity index (χ0) is 15.4. The minimum atomic E-state index is -1.13. The number of amides is 1. The lowest BCUT2D eigenvalue weighted by Crippen LogP contribution is -2.31. The molecule has 0 unspecified atom stereocenters. The molecule has 0 aromatic heterocycles. The number of carbonyl (C=O) groups is 1. The number of rotatable bonds is 4. The van der Waals surface area contributed by atoms with Crippen LogP contribution >= 0.6 is 0 Å². The summed E-state index contributed by atoms with van der Waals surface area (Å²) in [6.07, 6.45) is 0. The Morgan fingerprint density at radius 3 is 2.38 bits per heavy atom. The van der Waals surface area contributed by atoms with E-state index in [-0.39, 0.29) is 5.56 Å². The van der Waals surface area contributed by atoms with Crippen LogP contribution in [0.1, 0.15) is 22.8 Å². The highest BCUT2D eigenvalue weighted by Crippen LogP contribution is 2.20. The van der Waals surface area contributed by atoms with E-state index in [1.165, 1.54) is 17.0 Å². The molecule has 110 valence electrons. The molecular formula is C16H16F2N2O. The molecule has 21 heavy (non-hydrogen) atoms. The lowest BCUT2D eigenvalue weighted by molar-refractivity contribution is 0.0983. The maximum Gasteiger partial charge on any atom is 0.261 e. The minimum absolute atomic E-state index is 0.278. The van der Waals surface area contributed by atoms with Gasteiger partial charge in [0, 0.05) is 18.8 Å². The molecule has 3 nitrogen and oxygen atoms in total. The van der Waals surface area contributed by atoms with Crippen molar-refractivity contribution in [3.05, 3.63) is 65.2 Å². The SMILES string of the molecule is CCN(C(=O)c1cccc(F)c1F)c1ccc(CN)cc1. The second-order valence-corrected chi connectivity index (χ2v) is 4.52. The van der Waals surface area contributed by atoms with Crippen LogP contribution in [0.25, 0.3) is 0 Å². The molecule has 0 aliphatic heterocycles. The van der Waals surface area contributed by atoms with Gasteiger partial charge in [-0.1, -0.05) is 18.2 Å². The van der Waals surface area contributed by atoms with Crippen molar-refractivity contribution >= 4 is 11.6 Å². The fourth-order valence-corrected chi connectivity index (χ4v) is 2.07. The van der Waals surface area contributed by atoms with Crippen LogP contribution < -0.4 is 10.6 Å². The Kier molecular flexibility index (Phi) is 4.65. The fourth-order valence-electron chi connectivity index (χ4n) is 2.07. The highest BCUT2D eigenvalue weighted by atomic mass is 19.2. The van der Waals surface area contributed by atoms with Crippen molar-refractivity contribution < 1.29 is 13.6 Å². The van der Waals surface area contributed by atoms with Crippen molar-refractivity contribution in [3.8, 4) is 0 Å². The summed E-state index contributed by atoms with van der Waals surface area (Å²) < 4.78 is 27.0. The zero-order valence-corrected chi connectivity index (χ0v) is 11.6. The number of nitrogens with two attached hydrogens (primary N) is 1. The number of carbonyl (C=O) groups excluding carboxylic acids is 1. The van der Waals surface area contributed by atoms with Crippen LogP contribution in [0.15, 0.2) is 42.5 Å². The Hall–Kier alpha value is -2.27. The molecular weight excluding hydrogens is 274 g/mol. The average Bonchev–Trinajstić information content (AvgIpc) is 2.51. The summed E-state index contributed by atoms with van der Waals surface area (Å²) in [4.78, 5) is 13.8. The van der Waals surface area contributed by atoms with Crippen LogP contribution in [-0.2, 0) is 6.54 Å². The van der Waals surface area contributed by atoms with Crippen molar-refractivity contribution in [1.82, 2.24) is 0 Å². The van der Waals surface area contributed by atoms with Crippen molar-refractivity contribution in [1.29, 1.82) is 0 Å². The van der Waals surface area contributed by atoms with Crippen LogP contribution in [0.5, 0.6) is 0 Å². The number of halogens is 2. The molecule has 0 saturated heterocycles. The summed E-state index contributed by atoms with van der Waals surface area (Å²) >= 11 is 0. The Balaban J connectivity index is 2.35. The van der Waals surface area contributed by atoms with Crippen LogP contribution in [0.2, 0.25) is 0 Å². The third-order valence-electron chi connectivity index (χ3n) is 3.23. The smallest absolute Gasteiger partial charge is 0.261 e. The van der Waals surface area contributed by atoms with Gasteiger partial charge < -0.3 is 10.6 Å². The Bertz CT molecular complexity index is 641. The van der Waals surface area contributed by atoms with Gasteiger partial charge in [0.15, 0.2) is 11.6 Å². The van der Waals surface area contributed by atoms with Gasteiger partial charge in [-0.3, -0.25) is 4.79 Å². The molecule has 0 radical (unpaired) electrons. The summed E-state index contributed by atoms with van der Waals surface area (Å²) in [6.45, 7) is 2.52. The number of hydrogen-bond donors (Lipinski definition) is 1. The minimum Gasteiger partial charge on any atom is -0.326 e. The Labute approximate surface area is 122 Å². The number of nitrogens with zero attached hydrogens (tertiary/aromatic N) is 1. The van der Waals surface area contributed by atoms with Gasteiger partial charge in [0.25, 0.3) is 5.91 Å². The van der Waals surface area contributed by atoms with Gasteiger partial charge in [0.1, 0.15) is 0 Å². The third kappa shape index (κ3) is 3.08. The lowest BCUT2D eigenvalue weighted by atomic mass is 10.1. The van der Waals surface area contributed by atoms with Crippen molar-refractivity contribution in [2.75, 3.05) is 11.4 Å². The van der Waals surface area contributed by atoms with Gasteiger partial charge >= 0.3 is 0 Å². The van der Waals surface area contributed by atoms with E-state index in [4.69, 9.17) is 5.73 Å². The highest BCUT2D eigenvalue weighted by molar-refractivity contribution is 6.06. The normalized spacial score (nSPS) is 10.5. The second kappa shape index (κ2) is 6.45. The molecule has 2 aromatic carbocycles. The number of hydrogen-bond acceptors (Lipinski definition) is 2. The molecule has 0 bridgehead atoms. The predicted molar refractivity (Wildman–Crippen MR) is 78.0 cm³/mol. The van der Waals surface area contributed by atoms with E-state index in [0.29, 0.717) is 18.8 Å². The maximum absolute atomic E-state index is 13.7. The summed E-state index contributed by atoms with van der Waals surface area (Å²) in [6, 6.07) is 10.6. The molecule has 0 saturated carbocycles. The summed E-state index contributed by atoms with van der Waals surface area (Å²) in [7, 11) is 0. The van der Waals surface area contributed by atoms with Gasteiger partial charge in [-0.2, -0.15) is 0 Å². The van der Waals surface area contributed by atoms with E-state index < -0.39 is 17.5 Å². The van der Waals surface area contributed by atoms with E-state index in [9.17, 15) is 13.6 Å². The average molecular weight is 290 g/mol. The molecule has 0 aliphatic rings. The van der Waals surface area contributed by atoms with E-state index in [1.807, 2.05) is 0 Å². The summed E-state index contributed by atoms with van der Waals surface area (Å²) in [5.74, 6) is -2.73. The van der Waals surface area contributed by atoms with Gasteiger partial charge in [-0.05, 0) is 36.8 Å². The predicted octanol–water partition coefficient (Wildman–Crippen LogP) is 3.09. The molecule has 2 N–H and O–H groups in total. The van der Waals surface area contributed by atoms with Crippen LogP contribution in [-0.4, -0.2) is 12.5 Å². The molecule has 5 heteroatoms. The van der Waals surface area contributed by atoms with E-state index in [2.05, 4.69) is 0 Å². The number of anilines is 1. The summed E-state index contributed by atoms with van der Waals surface area (Å²) in [5.41, 5.74) is 6.79. The molecule has 0 spiro atoms. The van der Waals surface area contributed by atoms with E-state index in [1.54, 1.807) is 31.2 Å². The van der Waals surface area contributed by atoms with Gasteiger partial charge in [-0.15, -0.1) is 0 Å². The standard InChI is InChI=1S/C16H16F2N2O/c1-2-20(12-8-6-11(10-19)7-9-12)16(21)13-4-3-5-14(17)15(13)18/h3-9H,2,10,19H2,1H3. The second-order valence-electron chi connectivity index (χ2n) is 4.52. The third-order valence-corrected chi connectivity index (χ3v) is 3.23. The van der Waals surface area contributed by atoms with Crippen molar-refractivity contribution in [3.63, 3.8) is 0 Å². The first-order valence-electron chi connectivity index (χ1n) is 6.63. The Morgan fingerprint density at radius 1 is 1.14 bits per heavy atom. The Morgan fingerprint density at radius 2 is 1.81 bits per heavy atom. The molecule has 0 aliphatic carbocycles. The first kappa shape index (κ1) is 15.1. The first-order chi connectivity index (χ1) is 10.1. The molecule has 1 amide bonds. The quantitative estimate of drug-likeness (QED) is 0.940. The zero-order valence-electron chi connectivity index (χ0n) is 11.6. The molecule has 0 fully saturated rings. The monoisotopic (exact) mass is 290 g/mol. The van der Waals surface area contributed by atoms with Crippen LogP contribution in [0.3, 0.4) is 0 Å². The van der Waals surface area contributed by atoms with Crippen LogP contribution in [0, 0.1) is 11.6 Å². The first-order valence-corrected chi connectivity index (χ1v) is 6.63. The summed E-state index contributed by atoms with van der Waals surface area (Å²) in [5, 5.41) is 0. The van der Waals surface area contributed by atoms with E-state index in [0.717, 1.165) is 11.6 Å². The molecule has 0 heterocycles. The molecule has 2 aromatic rings. The van der Waals surface area contributed by atoms with Crippen molar-refractivity contribution in [2.45, 2.75) is 13.5 Å². The molecule has 2 rings (SSSR count). The molecule has 0 atom stereocenters. The van der Waals surface area contributed by atoms with Crippen molar-refractivity contribution in [2.24, 2.45) is 5.73 Å².